The first-order chi connectivity index (χ1) is 31.9. The van der Waals surface area contributed by atoms with Crippen LogP contribution in [0.15, 0.2) is 188 Å². The molecule has 6 heterocycles. The number of hydrogen-bond acceptors (Lipinski definition) is 9. The van der Waals surface area contributed by atoms with Crippen LogP contribution < -0.4 is 0 Å². The number of aliphatic imine (C=N–C) groups is 1. The Kier molecular flexibility index (Phi) is 10.9. The smallest absolute Gasteiger partial charge is 0.165 e. The molecular formula is C56H41N9. The zero-order valence-electron chi connectivity index (χ0n) is 36.1. The quantitative estimate of drug-likeness (QED) is 0.0759. The lowest BCUT2D eigenvalue weighted by Gasteiger charge is -2.13. The molecule has 0 aliphatic carbocycles. The van der Waals surface area contributed by atoms with Gasteiger partial charge in [0.15, 0.2) is 17.5 Å². The molecule has 0 spiro atoms. The fraction of sp³-hybridized carbons (Fsp3) is 0.0536. The van der Waals surface area contributed by atoms with Crippen molar-refractivity contribution in [3.63, 3.8) is 0 Å². The molecule has 0 amide bonds. The molecule has 0 unspecified atom stereocenters. The predicted octanol–water partition coefficient (Wildman–Crippen LogP) is 13.1. The van der Waals surface area contributed by atoms with Crippen molar-refractivity contribution in [3.8, 4) is 79.2 Å². The minimum atomic E-state index is 0.455. The van der Waals surface area contributed by atoms with Crippen molar-refractivity contribution in [1.82, 2.24) is 39.9 Å². The van der Waals surface area contributed by atoms with Crippen LogP contribution in [0, 0.1) is 13.8 Å². The molecule has 10 aromatic rings. The van der Waals surface area contributed by atoms with E-state index in [1.807, 2.05) is 106 Å². The van der Waals surface area contributed by atoms with Crippen LogP contribution in [-0.2, 0) is 0 Å². The second-order valence-corrected chi connectivity index (χ2v) is 15.8. The number of benzene rings is 4. The molecule has 4 aromatic carbocycles. The molecule has 0 saturated carbocycles. The third-order valence-corrected chi connectivity index (χ3v) is 11.3. The van der Waals surface area contributed by atoms with E-state index in [1.54, 1.807) is 12.4 Å². The van der Waals surface area contributed by atoms with Crippen molar-refractivity contribution < 1.29 is 0 Å². The Labute approximate surface area is 376 Å². The van der Waals surface area contributed by atoms with Gasteiger partial charge in [-0.25, -0.2) is 15.0 Å². The maximum Gasteiger partial charge on any atom is 0.165 e. The monoisotopic (exact) mass is 839 g/mol. The van der Waals surface area contributed by atoms with Gasteiger partial charge in [0.25, 0.3) is 0 Å². The van der Waals surface area contributed by atoms with Gasteiger partial charge in [0.1, 0.15) is 0 Å². The molecule has 310 valence electrons. The summed E-state index contributed by atoms with van der Waals surface area (Å²) >= 11 is 0. The number of aryl methyl sites for hydroxylation is 2. The maximum atomic E-state index is 5.16. The minimum Gasteiger partial charge on any atom is -0.262 e. The lowest BCUT2D eigenvalue weighted by Crippen LogP contribution is -2.02. The first-order valence-electron chi connectivity index (χ1n) is 21.3. The van der Waals surface area contributed by atoms with Gasteiger partial charge in [0, 0.05) is 58.8 Å². The molecule has 0 N–H and O–H groups in total. The highest BCUT2D eigenvalue weighted by atomic mass is 15.0. The normalized spacial score (nSPS) is 11.7. The zero-order chi connectivity index (χ0) is 44.3. The van der Waals surface area contributed by atoms with Crippen molar-refractivity contribution in [2.75, 3.05) is 0 Å². The van der Waals surface area contributed by atoms with E-state index in [9.17, 15) is 0 Å². The predicted molar refractivity (Wildman–Crippen MR) is 264 cm³/mol. The maximum absolute atomic E-state index is 5.16. The highest BCUT2D eigenvalue weighted by molar-refractivity contribution is 6.08. The van der Waals surface area contributed by atoms with Gasteiger partial charge in [-0.05, 0) is 150 Å². The van der Waals surface area contributed by atoms with E-state index in [1.165, 1.54) is 21.5 Å². The minimum absolute atomic E-state index is 0.455. The van der Waals surface area contributed by atoms with Gasteiger partial charge in [-0.15, -0.1) is 0 Å². The summed E-state index contributed by atoms with van der Waals surface area (Å²) in [5.74, 6) is 1.40. The third kappa shape index (κ3) is 8.46. The standard InChI is InChI=1S/C56H41N9/c1-5-6-11-50(57-4)51-24-19-41(33-61-51)54-63-55(42-20-25-53(62-34-42)52-22-13-36(3)31-59-52)65-56(64-54)45-27-43(39-17-16-38-15-14-37-9-7-8-10-46(37)47(38)29-39)26-44(28-45)49-23-18-40(32-60-49)48-21-12-35(2)30-58-48/h5-34H,4H2,1-3H3/b6-5-,50-11-. The van der Waals surface area contributed by atoms with Crippen molar-refractivity contribution in [3.05, 3.63) is 199 Å². The van der Waals surface area contributed by atoms with Gasteiger partial charge in [-0.2, -0.15) is 0 Å². The zero-order valence-corrected chi connectivity index (χ0v) is 36.1. The second kappa shape index (κ2) is 17.6. The number of pyridine rings is 5. The van der Waals surface area contributed by atoms with Crippen molar-refractivity contribution in [2.24, 2.45) is 4.99 Å². The van der Waals surface area contributed by atoms with Crippen LogP contribution in [0.5, 0.6) is 0 Å². The van der Waals surface area contributed by atoms with Gasteiger partial charge in [-0.1, -0.05) is 72.8 Å². The van der Waals surface area contributed by atoms with E-state index in [0.29, 0.717) is 34.4 Å². The largest absolute Gasteiger partial charge is 0.262 e. The number of allylic oxidation sites excluding steroid dienone is 3. The van der Waals surface area contributed by atoms with E-state index in [4.69, 9.17) is 29.9 Å². The fourth-order valence-electron chi connectivity index (χ4n) is 7.75. The Balaban J connectivity index is 1.14. The number of fused-ring (bicyclic) bond motifs is 3. The van der Waals surface area contributed by atoms with Crippen molar-refractivity contribution >= 4 is 34.0 Å². The molecule has 10 rings (SSSR count). The highest BCUT2D eigenvalue weighted by Crippen LogP contribution is 2.36. The Morgan fingerprint density at radius 3 is 1.60 bits per heavy atom. The number of rotatable bonds is 10. The summed E-state index contributed by atoms with van der Waals surface area (Å²) < 4.78 is 0. The molecule has 0 bridgehead atoms. The van der Waals surface area contributed by atoms with Gasteiger partial charge < -0.3 is 0 Å². The molecule has 9 heteroatoms. The second-order valence-electron chi connectivity index (χ2n) is 15.8. The Morgan fingerprint density at radius 2 is 0.969 bits per heavy atom. The molecule has 0 radical (unpaired) electrons. The number of nitrogens with zero attached hydrogens (tertiary/aromatic N) is 9. The Morgan fingerprint density at radius 1 is 0.446 bits per heavy atom. The van der Waals surface area contributed by atoms with Crippen LogP contribution in [0.1, 0.15) is 23.7 Å². The fourth-order valence-corrected chi connectivity index (χ4v) is 7.75. The average Bonchev–Trinajstić information content (AvgIpc) is 3.37. The molecule has 0 aliphatic rings. The van der Waals surface area contributed by atoms with Crippen LogP contribution in [0.3, 0.4) is 0 Å². The van der Waals surface area contributed by atoms with E-state index in [-0.39, 0.29) is 0 Å². The lowest BCUT2D eigenvalue weighted by molar-refractivity contribution is 1.06. The first kappa shape index (κ1) is 40.4. The Hall–Kier alpha value is -8.69. The van der Waals surface area contributed by atoms with Gasteiger partial charge in [-0.3, -0.25) is 29.9 Å². The average molecular weight is 840 g/mol. The highest BCUT2D eigenvalue weighted by Gasteiger charge is 2.17. The molecular weight excluding hydrogens is 799 g/mol. The van der Waals surface area contributed by atoms with Gasteiger partial charge in [0.2, 0.25) is 0 Å². The lowest BCUT2D eigenvalue weighted by atomic mass is 9.94. The van der Waals surface area contributed by atoms with Crippen LogP contribution in [-0.4, -0.2) is 46.6 Å². The number of aromatic nitrogens is 8. The van der Waals surface area contributed by atoms with Crippen LogP contribution in [0.2, 0.25) is 0 Å². The summed E-state index contributed by atoms with van der Waals surface area (Å²) in [4.78, 5) is 43.3. The molecule has 6 aromatic heterocycles. The van der Waals surface area contributed by atoms with E-state index in [2.05, 4.69) is 107 Å². The Bertz CT molecular complexity index is 3430. The molecule has 0 saturated heterocycles. The van der Waals surface area contributed by atoms with E-state index >= 15 is 0 Å². The summed E-state index contributed by atoms with van der Waals surface area (Å²) in [5.41, 5.74) is 12.8. The summed E-state index contributed by atoms with van der Waals surface area (Å²) in [6.07, 6.45) is 14.8. The van der Waals surface area contributed by atoms with Crippen LogP contribution in [0.4, 0.5) is 0 Å². The SMILES string of the molecule is C=N/C(=C\C=C/C)c1ccc(-c2nc(-c3ccc(-c4ccc(C)cn4)nc3)nc(-c3cc(-c4ccc5ccc6ccccc6c5c4)cc(-c4ccc(-c5ccc(C)cn5)cn4)c3)n2)cn1. The summed E-state index contributed by atoms with van der Waals surface area (Å²) in [7, 11) is 0. The summed E-state index contributed by atoms with van der Waals surface area (Å²) in [5, 5.41) is 4.73. The van der Waals surface area contributed by atoms with Crippen molar-refractivity contribution in [2.45, 2.75) is 20.8 Å². The molecule has 0 atom stereocenters. The third-order valence-electron chi connectivity index (χ3n) is 11.3. The van der Waals surface area contributed by atoms with E-state index in [0.717, 1.165) is 67.3 Å². The van der Waals surface area contributed by atoms with E-state index < -0.39 is 0 Å². The van der Waals surface area contributed by atoms with Gasteiger partial charge >= 0.3 is 0 Å². The molecule has 65 heavy (non-hydrogen) atoms. The number of hydrogen-bond donors (Lipinski definition) is 0. The van der Waals surface area contributed by atoms with Crippen molar-refractivity contribution in [1.29, 1.82) is 0 Å². The molecule has 9 nitrogen and oxygen atoms in total. The molecule has 0 fully saturated rings. The topological polar surface area (TPSA) is 115 Å². The summed E-state index contributed by atoms with van der Waals surface area (Å²) in [6, 6.07) is 45.8. The van der Waals surface area contributed by atoms with Crippen LogP contribution >= 0.6 is 0 Å². The van der Waals surface area contributed by atoms with Gasteiger partial charge in [0.05, 0.1) is 34.2 Å². The summed E-state index contributed by atoms with van der Waals surface area (Å²) in [6.45, 7) is 9.75. The van der Waals surface area contributed by atoms with Crippen LogP contribution in [0.25, 0.3) is 106 Å². The first-order valence-corrected chi connectivity index (χ1v) is 21.3. The molecule has 0 aliphatic heterocycles.